The van der Waals surface area contributed by atoms with Crippen molar-refractivity contribution in [3.8, 4) is 0 Å². The van der Waals surface area contributed by atoms with Gasteiger partial charge in [0.2, 0.25) is 0 Å². The molecular formula is C17H24N2O4. The van der Waals surface area contributed by atoms with Crippen LogP contribution >= 0.6 is 0 Å². The fourth-order valence-electron chi connectivity index (χ4n) is 4.46. The lowest BCUT2D eigenvalue weighted by Gasteiger charge is -2.59. The highest BCUT2D eigenvalue weighted by molar-refractivity contribution is 5.93. The maximum atomic E-state index is 12.7. The average Bonchev–Trinajstić information content (AvgIpc) is 3.22. The molecule has 126 valence electrons. The van der Waals surface area contributed by atoms with Gasteiger partial charge in [0.15, 0.2) is 17.8 Å². The highest BCUT2D eigenvalue weighted by Gasteiger charge is 2.58. The molecule has 3 aliphatic rings. The molecule has 0 bridgehead atoms. The molecule has 0 unspecified atom stereocenters. The first-order valence-corrected chi connectivity index (χ1v) is 8.56. The minimum Gasteiger partial charge on any atom is -0.445 e. The van der Waals surface area contributed by atoms with E-state index in [4.69, 9.17) is 13.9 Å². The molecule has 3 fully saturated rings. The molecule has 23 heavy (non-hydrogen) atoms. The second-order valence-corrected chi connectivity index (χ2v) is 7.44. The first kappa shape index (κ1) is 15.1. The zero-order valence-electron chi connectivity index (χ0n) is 13.7. The fourth-order valence-corrected chi connectivity index (χ4v) is 4.46. The first-order chi connectivity index (χ1) is 11.1. The number of ether oxygens (including phenoxy) is 2. The summed E-state index contributed by atoms with van der Waals surface area (Å²) in [6.45, 7) is 5.86. The molecule has 6 heteroatoms. The van der Waals surface area contributed by atoms with E-state index in [1.165, 1.54) is 6.39 Å². The van der Waals surface area contributed by atoms with Gasteiger partial charge >= 0.3 is 0 Å². The molecule has 1 saturated carbocycles. The van der Waals surface area contributed by atoms with Crippen molar-refractivity contribution in [2.75, 3.05) is 13.2 Å². The van der Waals surface area contributed by atoms with E-state index in [-0.39, 0.29) is 29.6 Å². The van der Waals surface area contributed by atoms with E-state index in [1.54, 1.807) is 0 Å². The van der Waals surface area contributed by atoms with Gasteiger partial charge in [-0.2, -0.15) is 0 Å². The predicted molar refractivity (Wildman–Crippen MR) is 81.9 cm³/mol. The van der Waals surface area contributed by atoms with Crippen molar-refractivity contribution in [2.45, 2.75) is 57.8 Å². The normalized spacial score (nSPS) is 35.4. The van der Waals surface area contributed by atoms with Crippen molar-refractivity contribution in [1.29, 1.82) is 0 Å². The van der Waals surface area contributed by atoms with E-state index >= 15 is 0 Å². The molecule has 2 aliphatic heterocycles. The van der Waals surface area contributed by atoms with E-state index in [1.807, 2.05) is 0 Å². The van der Waals surface area contributed by atoms with E-state index in [9.17, 15) is 4.79 Å². The lowest BCUT2D eigenvalue weighted by atomic mass is 9.55. The number of carbonyl (C=O) groups excluding carboxylic acids is 1. The second-order valence-electron chi connectivity index (χ2n) is 7.44. The van der Waals surface area contributed by atoms with Crippen molar-refractivity contribution >= 4 is 5.91 Å². The molecule has 1 amide bonds. The maximum absolute atomic E-state index is 12.7. The zero-order valence-corrected chi connectivity index (χ0v) is 13.7. The molecule has 4 atom stereocenters. The zero-order chi connectivity index (χ0) is 16.0. The Morgan fingerprint density at radius 1 is 1.26 bits per heavy atom. The van der Waals surface area contributed by atoms with Gasteiger partial charge in [0.1, 0.15) is 6.10 Å². The maximum Gasteiger partial charge on any atom is 0.273 e. The van der Waals surface area contributed by atoms with Crippen LogP contribution in [0.25, 0.3) is 0 Å². The molecule has 0 aromatic carbocycles. The summed E-state index contributed by atoms with van der Waals surface area (Å²) in [5.74, 6) is 0.806. The van der Waals surface area contributed by atoms with E-state index in [2.05, 4.69) is 24.1 Å². The summed E-state index contributed by atoms with van der Waals surface area (Å²) in [6.07, 6.45) is 5.48. The second kappa shape index (κ2) is 5.60. The van der Waals surface area contributed by atoms with Gasteiger partial charge < -0.3 is 19.2 Å². The van der Waals surface area contributed by atoms with Crippen LogP contribution in [0.4, 0.5) is 0 Å². The number of amides is 1. The number of nitrogens with one attached hydrogen (secondary N) is 1. The molecule has 2 saturated heterocycles. The standard InChI is InChI=1S/C17H24N2O4/c1-17(2)14(10-5-3-8-22-15(10)17)19-16(20)12-13(23-9-18-12)11-6-4-7-21-11/h9-11,14-15H,3-8H2,1-2H3,(H,19,20)/t10-,11+,14-,15-/m1/s1. The van der Waals surface area contributed by atoms with Crippen molar-refractivity contribution < 1.29 is 18.7 Å². The van der Waals surface area contributed by atoms with Gasteiger partial charge in [0.25, 0.3) is 5.91 Å². The van der Waals surface area contributed by atoms with Crippen LogP contribution in [0.2, 0.25) is 0 Å². The number of nitrogens with zero attached hydrogens (tertiary/aromatic N) is 1. The summed E-state index contributed by atoms with van der Waals surface area (Å²) in [6, 6.07) is 0.120. The van der Waals surface area contributed by atoms with Crippen LogP contribution in [0.3, 0.4) is 0 Å². The molecule has 1 aromatic heterocycles. The van der Waals surface area contributed by atoms with Crippen LogP contribution in [-0.4, -0.2) is 36.3 Å². The van der Waals surface area contributed by atoms with Gasteiger partial charge in [0, 0.05) is 30.6 Å². The van der Waals surface area contributed by atoms with E-state index < -0.39 is 0 Å². The third kappa shape index (κ3) is 2.39. The summed E-state index contributed by atoms with van der Waals surface area (Å²) in [5, 5.41) is 3.18. The van der Waals surface area contributed by atoms with Gasteiger partial charge in [-0.05, 0) is 25.7 Å². The van der Waals surface area contributed by atoms with Gasteiger partial charge in [-0.3, -0.25) is 4.79 Å². The Morgan fingerprint density at radius 2 is 2.04 bits per heavy atom. The first-order valence-electron chi connectivity index (χ1n) is 8.56. The third-order valence-corrected chi connectivity index (χ3v) is 5.65. The van der Waals surface area contributed by atoms with Crippen molar-refractivity contribution in [1.82, 2.24) is 10.3 Å². The van der Waals surface area contributed by atoms with Crippen LogP contribution in [-0.2, 0) is 9.47 Å². The average molecular weight is 320 g/mol. The van der Waals surface area contributed by atoms with Crippen molar-refractivity contribution in [2.24, 2.45) is 11.3 Å². The summed E-state index contributed by atoms with van der Waals surface area (Å²) < 4.78 is 17.0. The fraction of sp³-hybridized carbons (Fsp3) is 0.765. The molecule has 0 radical (unpaired) electrons. The summed E-state index contributed by atoms with van der Waals surface area (Å²) in [4.78, 5) is 16.9. The van der Waals surface area contributed by atoms with E-state index in [0.29, 0.717) is 24.0 Å². The third-order valence-electron chi connectivity index (χ3n) is 5.65. The van der Waals surface area contributed by atoms with Crippen LogP contribution in [0, 0.1) is 11.3 Å². The molecule has 4 rings (SSSR count). The number of hydrogen-bond donors (Lipinski definition) is 1. The summed E-state index contributed by atoms with van der Waals surface area (Å²) in [5.41, 5.74) is 0.321. The number of oxazole rings is 1. The highest BCUT2D eigenvalue weighted by atomic mass is 16.5. The molecule has 1 aliphatic carbocycles. The quantitative estimate of drug-likeness (QED) is 0.926. The minimum atomic E-state index is -0.161. The van der Waals surface area contributed by atoms with Gasteiger partial charge in [-0.15, -0.1) is 0 Å². The van der Waals surface area contributed by atoms with Crippen molar-refractivity contribution in [3.63, 3.8) is 0 Å². The lowest BCUT2D eigenvalue weighted by molar-refractivity contribution is -0.189. The topological polar surface area (TPSA) is 73.6 Å². The van der Waals surface area contributed by atoms with Crippen LogP contribution in [0.15, 0.2) is 10.8 Å². The van der Waals surface area contributed by atoms with Crippen LogP contribution in [0.5, 0.6) is 0 Å². The number of fused-ring (bicyclic) bond motifs is 1. The molecule has 6 nitrogen and oxygen atoms in total. The Morgan fingerprint density at radius 3 is 2.83 bits per heavy atom. The predicted octanol–water partition coefficient (Wildman–Crippen LogP) is 2.46. The molecule has 1 N–H and O–H groups in total. The largest absolute Gasteiger partial charge is 0.445 e. The monoisotopic (exact) mass is 320 g/mol. The van der Waals surface area contributed by atoms with Crippen LogP contribution < -0.4 is 5.32 Å². The summed E-state index contributed by atoms with van der Waals surface area (Å²) in [7, 11) is 0. The lowest BCUT2D eigenvalue weighted by Crippen LogP contribution is -2.70. The Labute approximate surface area is 135 Å². The Bertz CT molecular complexity index is 591. The number of rotatable bonds is 3. The Hall–Kier alpha value is -1.40. The number of carbonyl (C=O) groups is 1. The van der Waals surface area contributed by atoms with Crippen LogP contribution in [0.1, 0.15) is 61.9 Å². The smallest absolute Gasteiger partial charge is 0.273 e. The minimum absolute atomic E-state index is 0.0471. The Kier molecular flexibility index (Phi) is 3.69. The number of aromatic nitrogens is 1. The van der Waals surface area contributed by atoms with Gasteiger partial charge in [-0.25, -0.2) is 4.98 Å². The SMILES string of the molecule is CC1(C)[C@H](NC(=O)c2ncoc2[C@@H]2CCCO2)[C@H]2CCCO[C@H]21. The summed E-state index contributed by atoms with van der Waals surface area (Å²) >= 11 is 0. The van der Waals surface area contributed by atoms with Crippen molar-refractivity contribution in [3.05, 3.63) is 17.8 Å². The molecule has 3 heterocycles. The van der Waals surface area contributed by atoms with E-state index in [0.717, 1.165) is 32.3 Å². The van der Waals surface area contributed by atoms with Gasteiger partial charge in [0.05, 0.1) is 6.10 Å². The Balaban J connectivity index is 1.49. The molecule has 1 aromatic rings. The molecule has 0 spiro atoms. The molecular weight excluding hydrogens is 296 g/mol. The highest BCUT2D eigenvalue weighted by Crippen LogP contribution is 2.51. The number of hydrogen-bond acceptors (Lipinski definition) is 5. The van der Waals surface area contributed by atoms with Gasteiger partial charge in [-0.1, -0.05) is 13.8 Å².